The molecule has 1 aromatic rings. The highest BCUT2D eigenvalue weighted by molar-refractivity contribution is 9.11. The third kappa shape index (κ3) is 4.02. The van der Waals surface area contributed by atoms with E-state index in [1.165, 1.54) is 34.7 Å². The minimum absolute atomic E-state index is 0.170. The molecule has 1 aliphatic rings. The van der Waals surface area contributed by atoms with Crippen molar-refractivity contribution >= 4 is 27.3 Å². The van der Waals surface area contributed by atoms with E-state index in [0.717, 1.165) is 13.1 Å². The second kappa shape index (κ2) is 7.18. The Balaban J connectivity index is 2.01. The van der Waals surface area contributed by atoms with Gasteiger partial charge in [0.2, 0.25) is 0 Å². The van der Waals surface area contributed by atoms with E-state index in [1.54, 1.807) is 0 Å². The van der Waals surface area contributed by atoms with Gasteiger partial charge in [-0.1, -0.05) is 6.92 Å². The fourth-order valence-corrected chi connectivity index (χ4v) is 4.51. The summed E-state index contributed by atoms with van der Waals surface area (Å²) in [5.74, 6) is 0. The van der Waals surface area contributed by atoms with Gasteiger partial charge in [-0.05, 0) is 48.0 Å². The molecule has 2 N–H and O–H groups in total. The van der Waals surface area contributed by atoms with Crippen LogP contribution in [0.4, 0.5) is 0 Å². The van der Waals surface area contributed by atoms with Crippen LogP contribution in [0.15, 0.2) is 15.9 Å². The van der Waals surface area contributed by atoms with Gasteiger partial charge < -0.3 is 10.6 Å². The van der Waals surface area contributed by atoms with Crippen molar-refractivity contribution in [1.29, 1.82) is 0 Å². The predicted molar refractivity (Wildman–Crippen MR) is 86.7 cm³/mol. The fourth-order valence-electron chi connectivity index (χ4n) is 2.84. The van der Waals surface area contributed by atoms with Crippen molar-refractivity contribution < 1.29 is 0 Å². The van der Waals surface area contributed by atoms with E-state index in [-0.39, 0.29) is 6.04 Å². The van der Waals surface area contributed by atoms with Crippen molar-refractivity contribution in [3.05, 3.63) is 20.8 Å². The molecule has 0 aliphatic carbocycles. The molecule has 1 fully saturated rings. The average Bonchev–Trinajstić information content (AvgIpc) is 2.78. The predicted octanol–water partition coefficient (Wildman–Crippen LogP) is 2.93. The van der Waals surface area contributed by atoms with Gasteiger partial charge in [0.25, 0.3) is 0 Å². The molecule has 0 saturated carbocycles. The van der Waals surface area contributed by atoms with E-state index in [9.17, 15) is 0 Å². The number of nitrogens with two attached hydrogens (primary N) is 1. The Morgan fingerprint density at radius 1 is 1.32 bits per heavy atom. The van der Waals surface area contributed by atoms with Crippen molar-refractivity contribution in [2.75, 3.05) is 32.7 Å². The molecule has 2 atom stereocenters. The summed E-state index contributed by atoms with van der Waals surface area (Å²) in [6.07, 6.45) is 1.24. The number of rotatable bonds is 5. The lowest BCUT2D eigenvalue weighted by molar-refractivity contribution is 0.0883. The molecule has 2 unspecified atom stereocenters. The zero-order valence-corrected chi connectivity index (χ0v) is 14.2. The van der Waals surface area contributed by atoms with Gasteiger partial charge in [0.1, 0.15) is 0 Å². The van der Waals surface area contributed by atoms with Crippen LogP contribution in [0.1, 0.15) is 31.2 Å². The van der Waals surface area contributed by atoms with Crippen molar-refractivity contribution in [1.82, 2.24) is 9.80 Å². The normalized spacial score (nSPS) is 21.5. The van der Waals surface area contributed by atoms with Crippen LogP contribution in [-0.4, -0.2) is 48.6 Å². The van der Waals surface area contributed by atoms with Gasteiger partial charge in [-0.25, -0.2) is 0 Å². The Hall–Kier alpha value is 0.0600. The molecule has 0 aromatic carbocycles. The first kappa shape index (κ1) is 15.4. The molecule has 3 nitrogen and oxygen atoms in total. The highest BCUT2D eigenvalue weighted by atomic mass is 79.9. The number of hydrogen-bond acceptors (Lipinski definition) is 4. The number of piperazine rings is 1. The summed E-state index contributed by atoms with van der Waals surface area (Å²) in [5, 5.41) is 0. The number of halogens is 1. The van der Waals surface area contributed by atoms with Crippen LogP contribution in [0.3, 0.4) is 0 Å². The lowest BCUT2D eigenvalue weighted by Gasteiger charge is -2.40. The van der Waals surface area contributed by atoms with Gasteiger partial charge >= 0.3 is 0 Å². The SMILES string of the molecule is CCCN1CCN(C(c2ccc(Br)s2)C(C)N)CC1. The van der Waals surface area contributed by atoms with Crippen molar-refractivity contribution in [3.63, 3.8) is 0 Å². The number of thiophene rings is 1. The molecule has 0 bridgehead atoms. The van der Waals surface area contributed by atoms with Crippen LogP contribution in [0.25, 0.3) is 0 Å². The Kier molecular flexibility index (Phi) is 5.84. The second-order valence-corrected chi connectivity index (χ2v) is 7.82. The van der Waals surface area contributed by atoms with E-state index >= 15 is 0 Å². The molecule has 108 valence electrons. The van der Waals surface area contributed by atoms with E-state index in [0.29, 0.717) is 6.04 Å². The van der Waals surface area contributed by atoms with Gasteiger partial charge in [-0.15, -0.1) is 11.3 Å². The molecule has 5 heteroatoms. The van der Waals surface area contributed by atoms with E-state index in [2.05, 4.69) is 51.7 Å². The van der Waals surface area contributed by atoms with Crippen LogP contribution in [0.2, 0.25) is 0 Å². The maximum absolute atomic E-state index is 6.24. The minimum Gasteiger partial charge on any atom is -0.326 e. The minimum atomic E-state index is 0.170. The molecule has 19 heavy (non-hydrogen) atoms. The smallest absolute Gasteiger partial charge is 0.0702 e. The average molecular weight is 346 g/mol. The third-order valence-corrected chi connectivity index (χ3v) is 5.42. The van der Waals surface area contributed by atoms with Crippen molar-refractivity contribution in [3.8, 4) is 0 Å². The second-order valence-electron chi connectivity index (χ2n) is 5.32. The summed E-state index contributed by atoms with van der Waals surface area (Å²) < 4.78 is 1.19. The zero-order valence-electron chi connectivity index (χ0n) is 11.8. The molecule has 1 aromatic heterocycles. The summed E-state index contributed by atoms with van der Waals surface area (Å²) in [4.78, 5) is 6.49. The maximum atomic E-state index is 6.24. The Morgan fingerprint density at radius 3 is 2.47 bits per heavy atom. The van der Waals surface area contributed by atoms with Gasteiger partial charge in [0.05, 0.1) is 9.83 Å². The Bertz CT molecular complexity index is 386. The lowest BCUT2D eigenvalue weighted by Crippen LogP contribution is -2.50. The topological polar surface area (TPSA) is 32.5 Å². The van der Waals surface area contributed by atoms with Gasteiger partial charge in [0, 0.05) is 37.1 Å². The lowest BCUT2D eigenvalue weighted by atomic mass is 10.1. The van der Waals surface area contributed by atoms with Crippen LogP contribution in [-0.2, 0) is 0 Å². The van der Waals surface area contributed by atoms with E-state index in [4.69, 9.17) is 5.73 Å². The monoisotopic (exact) mass is 345 g/mol. The van der Waals surface area contributed by atoms with Crippen LogP contribution < -0.4 is 5.73 Å². The molecule has 2 rings (SSSR count). The summed E-state index contributed by atoms with van der Waals surface area (Å²) in [6, 6.07) is 4.87. The molecular weight excluding hydrogens is 322 g/mol. The maximum Gasteiger partial charge on any atom is 0.0702 e. The molecule has 0 amide bonds. The number of hydrogen-bond donors (Lipinski definition) is 1. The molecular formula is C14H24BrN3S. The first-order valence-corrected chi connectivity index (χ1v) is 8.70. The standard InChI is InChI=1S/C14H24BrN3S/c1-3-6-17-7-9-18(10-8-17)14(11(2)16)12-4-5-13(15)19-12/h4-5,11,14H,3,6-10,16H2,1-2H3. The van der Waals surface area contributed by atoms with Crippen LogP contribution in [0.5, 0.6) is 0 Å². The molecule has 0 radical (unpaired) electrons. The summed E-state index contributed by atoms with van der Waals surface area (Å²) in [6.45, 7) is 10.2. The molecule has 1 aliphatic heterocycles. The highest BCUT2D eigenvalue weighted by Gasteiger charge is 2.28. The fraction of sp³-hybridized carbons (Fsp3) is 0.714. The summed E-state index contributed by atoms with van der Waals surface area (Å²) >= 11 is 5.36. The first-order chi connectivity index (χ1) is 9.11. The summed E-state index contributed by atoms with van der Waals surface area (Å²) in [5.41, 5.74) is 6.24. The van der Waals surface area contributed by atoms with Crippen molar-refractivity contribution in [2.24, 2.45) is 5.73 Å². The van der Waals surface area contributed by atoms with Crippen LogP contribution in [0, 0.1) is 0 Å². The van der Waals surface area contributed by atoms with E-state index in [1.807, 2.05) is 11.3 Å². The highest BCUT2D eigenvalue weighted by Crippen LogP contribution is 2.32. The van der Waals surface area contributed by atoms with Crippen molar-refractivity contribution in [2.45, 2.75) is 32.4 Å². The third-order valence-electron chi connectivity index (χ3n) is 3.72. The summed E-state index contributed by atoms with van der Waals surface area (Å²) in [7, 11) is 0. The number of nitrogens with zero attached hydrogens (tertiary/aromatic N) is 2. The zero-order chi connectivity index (χ0) is 13.8. The Morgan fingerprint density at radius 2 is 2.00 bits per heavy atom. The molecule has 2 heterocycles. The molecule has 0 spiro atoms. The molecule has 1 saturated heterocycles. The van der Waals surface area contributed by atoms with Gasteiger partial charge in [-0.2, -0.15) is 0 Å². The largest absolute Gasteiger partial charge is 0.326 e. The van der Waals surface area contributed by atoms with Gasteiger partial charge in [0.15, 0.2) is 0 Å². The van der Waals surface area contributed by atoms with Gasteiger partial charge in [-0.3, -0.25) is 4.90 Å². The first-order valence-electron chi connectivity index (χ1n) is 7.09. The van der Waals surface area contributed by atoms with Crippen LogP contribution >= 0.6 is 27.3 Å². The quantitative estimate of drug-likeness (QED) is 0.890. The Labute approximate surface area is 128 Å². The van der Waals surface area contributed by atoms with E-state index < -0.39 is 0 Å².